The maximum absolute atomic E-state index is 2.39. The summed E-state index contributed by atoms with van der Waals surface area (Å²) < 4.78 is 4.67. The maximum atomic E-state index is 2.39. The van der Waals surface area contributed by atoms with Gasteiger partial charge in [0.1, 0.15) is 24.2 Å². The third-order valence-corrected chi connectivity index (χ3v) is 11.2. The Morgan fingerprint density at radius 2 is 1.08 bits per heavy atom. The van der Waals surface area contributed by atoms with E-state index in [1.807, 2.05) is 0 Å². The molecule has 2 aromatic carbocycles. The number of rotatable bonds is 13. The molecule has 0 aliphatic rings. The smallest absolute Gasteiger partial charge is 0.0654 e. The highest BCUT2D eigenvalue weighted by atomic mass is 127. The van der Waals surface area contributed by atoms with Gasteiger partial charge in [0.05, 0.1) is 0 Å². The molecule has 0 aliphatic heterocycles. The first-order valence-corrected chi connectivity index (χ1v) is 14.3. The van der Waals surface area contributed by atoms with Crippen molar-refractivity contribution in [3.63, 3.8) is 0 Å². The Hall–Kier alpha value is -0.830. The number of halogens is 1. The second-order valence-corrected chi connectivity index (χ2v) is 13.0. The molecule has 0 bridgehead atoms. The fourth-order valence-electron chi connectivity index (χ4n) is 3.31. The summed E-state index contributed by atoms with van der Waals surface area (Å²) in [5.74, 6) is 0. The summed E-state index contributed by atoms with van der Waals surface area (Å²) in [7, 11) is 0. The van der Waals surface area contributed by atoms with E-state index in [4.69, 9.17) is 0 Å². The molecule has 0 saturated heterocycles. The average molecular weight is 464 g/mol. The van der Waals surface area contributed by atoms with E-state index >= 15 is 0 Å². The lowest BCUT2D eigenvalue weighted by atomic mass is 10.1. The Morgan fingerprint density at radius 1 is 0.577 bits per heavy atom. The molecule has 0 atom stereocenters. The predicted molar refractivity (Wildman–Crippen MR) is 112 cm³/mol. The molecule has 0 aromatic heterocycles. The molecule has 26 heavy (non-hydrogen) atoms. The fraction of sp³-hybridized carbons (Fsp3) is 0.520. The Morgan fingerprint density at radius 3 is 1.65 bits per heavy atom. The summed E-state index contributed by atoms with van der Waals surface area (Å²) in [4.78, 5) is 0. The molecule has 0 amide bonds. The molecule has 143 valence electrons. The lowest BCUT2D eigenvalue weighted by Gasteiger charge is -2.07. The Balaban J connectivity index is 1.73. The first-order valence-electron chi connectivity index (χ1n) is 10.6. The van der Waals surface area contributed by atoms with Crippen LogP contribution in [0, 0.1) is 14.1 Å². The third kappa shape index (κ3) is 8.24. The quantitative estimate of drug-likeness (QED) is 0.231. The summed E-state index contributed by atoms with van der Waals surface area (Å²) in [5.41, 5.74) is 1.37. The number of aryl methyl sites for hydroxylation is 1. The van der Waals surface area contributed by atoms with Gasteiger partial charge in [0, 0.05) is 0 Å². The van der Waals surface area contributed by atoms with Crippen molar-refractivity contribution in [2.75, 3.05) is 4.43 Å². The first-order chi connectivity index (χ1) is 12.8. The highest BCUT2D eigenvalue weighted by molar-refractivity contribution is 5.12. The average Bonchev–Trinajstić information content (AvgIpc) is 2.68. The van der Waals surface area contributed by atoms with Crippen LogP contribution in [0.3, 0.4) is 0 Å². The number of hydrogen-bond donors (Lipinski definition) is 0. The minimum atomic E-state index is -1.25. The van der Waals surface area contributed by atoms with Crippen LogP contribution in [0.5, 0.6) is 0 Å². The van der Waals surface area contributed by atoms with Gasteiger partial charge in [-0.25, -0.2) is 0 Å². The molecule has 0 saturated carbocycles. The van der Waals surface area contributed by atoms with Crippen molar-refractivity contribution in [3.8, 4) is 0 Å². The van der Waals surface area contributed by atoms with Crippen molar-refractivity contribution in [2.24, 2.45) is 0 Å². The summed E-state index contributed by atoms with van der Waals surface area (Å²) in [6, 6.07) is 20.7. The zero-order valence-corrected chi connectivity index (χ0v) is 19.0. The number of alkyl halides is 1. The normalized spacial score (nSPS) is 11.2. The zero-order chi connectivity index (χ0) is 18.5. The maximum Gasteiger partial charge on any atom is 0.151 e. The van der Waals surface area contributed by atoms with E-state index in [-0.39, 0.29) is 0 Å². The summed E-state index contributed by atoms with van der Waals surface area (Å²) in [5, 5.41) is 0. The lowest BCUT2D eigenvalue weighted by molar-refractivity contribution is -0.855. The van der Waals surface area contributed by atoms with Crippen molar-refractivity contribution < 1.29 is 19.8 Å². The van der Waals surface area contributed by atoms with Crippen LogP contribution in [0.1, 0.15) is 76.7 Å². The second kappa shape index (κ2) is 13.4. The van der Waals surface area contributed by atoms with Gasteiger partial charge in [-0.1, -0.05) is 94.2 Å². The molecular weight excluding hydrogens is 427 g/mol. The van der Waals surface area contributed by atoms with Gasteiger partial charge in [-0.3, -0.25) is 0 Å². The molecular formula is C25H37I+. The standard InChI is InChI=1S/C25H37I/c1-3-4-5-6-7-8-9-10-11-15-22-26(24-16-13-12-14-17-24)25-20-18-23(2)19-21-25/h12-14,16-21H,3-11,15,22H2,1-2H3/q+1. The van der Waals surface area contributed by atoms with Gasteiger partial charge in [0.2, 0.25) is 0 Å². The van der Waals surface area contributed by atoms with Gasteiger partial charge in [-0.05, 0) is 44.0 Å². The van der Waals surface area contributed by atoms with E-state index < -0.39 is 19.8 Å². The number of hydrogen-bond acceptors (Lipinski definition) is 0. The molecule has 0 unspecified atom stereocenters. The second-order valence-electron chi connectivity index (χ2n) is 7.32. The Kier molecular flexibility index (Phi) is 11.0. The van der Waals surface area contributed by atoms with Crippen molar-refractivity contribution in [2.45, 2.75) is 78.1 Å². The Labute approximate surface area is 169 Å². The van der Waals surface area contributed by atoms with Crippen LogP contribution < -0.4 is 19.8 Å². The van der Waals surface area contributed by atoms with Crippen LogP contribution in [0.25, 0.3) is 0 Å². The molecule has 2 aromatic rings. The van der Waals surface area contributed by atoms with Crippen LogP contribution in [0.15, 0.2) is 54.6 Å². The van der Waals surface area contributed by atoms with Gasteiger partial charge in [-0.2, -0.15) is 0 Å². The first kappa shape index (κ1) is 21.5. The van der Waals surface area contributed by atoms with Crippen LogP contribution in [-0.2, 0) is 0 Å². The largest absolute Gasteiger partial charge is 0.151 e. The molecule has 0 nitrogen and oxygen atoms in total. The summed E-state index contributed by atoms with van der Waals surface area (Å²) >= 11 is -1.25. The minimum absolute atomic E-state index is 1.25. The van der Waals surface area contributed by atoms with Gasteiger partial charge in [0.25, 0.3) is 0 Å². The Bertz CT molecular complexity index is 573. The molecule has 0 aliphatic carbocycles. The molecule has 1 radical (unpaired) electrons. The molecule has 2 rings (SSSR count). The van der Waals surface area contributed by atoms with E-state index in [2.05, 4.69) is 68.4 Å². The van der Waals surface area contributed by atoms with Crippen molar-refractivity contribution in [1.29, 1.82) is 0 Å². The lowest BCUT2D eigenvalue weighted by Crippen LogP contribution is -3.86. The van der Waals surface area contributed by atoms with E-state index in [0.29, 0.717) is 0 Å². The van der Waals surface area contributed by atoms with E-state index in [1.165, 1.54) is 74.2 Å². The van der Waals surface area contributed by atoms with Crippen molar-refractivity contribution in [1.82, 2.24) is 0 Å². The zero-order valence-electron chi connectivity index (χ0n) is 16.9. The van der Waals surface area contributed by atoms with Gasteiger partial charge >= 0.3 is 0 Å². The monoisotopic (exact) mass is 464 g/mol. The fourth-order valence-corrected chi connectivity index (χ4v) is 9.09. The van der Waals surface area contributed by atoms with Gasteiger partial charge in [0.15, 0.2) is 7.14 Å². The van der Waals surface area contributed by atoms with Crippen LogP contribution in [0.2, 0.25) is 0 Å². The highest BCUT2D eigenvalue weighted by Gasteiger charge is 2.25. The number of benzene rings is 2. The van der Waals surface area contributed by atoms with Crippen LogP contribution >= 0.6 is 0 Å². The predicted octanol–water partition coefficient (Wildman–Crippen LogP) is 4.58. The highest BCUT2D eigenvalue weighted by Crippen LogP contribution is 2.10. The SMILES string of the molecule is CCCCCCCCCCCC[I+](c1ccccc1)c1ccc(C)cc1. The molecule has 0 fully saturated rings. The summed E-state index contributed by atoms with van der Waals surface area (Å²) in [6.07, 6.45) is 14.3. The van der Waals surface area contributed by atoms with Crippen LogP contribution in [0.4, 0.5) is 0 Å². The molecule has 0 heterocycles. The minimum Gasteiger partial charge on any atom is -0.0654 e. The van der Waals surface area contributed by atoms with Crippen LogP contribution in [-0.4, -0.2) is 4.43 Å². The van der Waals surface area contributed by atoms with Gasteiger partial charge in [-0.15, -0.1) is 0 Å². The molecule has 0 N–H and O–H groups in total. The topological polar surface area (TPSA) is 0 Å². The van der Waals surface area contributed by atoms with E-state index in [0.717, 1.165) is 0 Å². The number of unbranched alkanes of at least 4 members (excludes halogenated alkanes) is 9. The van der Waals surface area contributed by atoms with Crippen molar-refractivity contribution in [3.05, 3.63) is 67.3 Å². The molecule has 0 spiro atoms. The van der Waals surface area contributed by atoms with E-state index in [9.17, 15) is 0 Å². The van der Waals surface area contributed by atoms with E-state index in [1.54, 1.807) is 7.14 Å². The van der Waals surface area contributed by atoms with Gasteiger partial charge < -0.3 is 0 Å². The molecule has 1 heteroatoms. The third-order valence-electron chi connectivity index (χ3n) is 4.95. The summed E-state index contributed by atoms with van der Waals surface area (Å²) in [6.45, 7) is 4.48. The van der Waals surface area contributed by atoms with Crippen molar-refractivity contribution >= 4 is 0 Å².